The van der Waals surface area contributed by atoms with E-state index < -0.39 is 22.1 Å². The molecule has 0 spiro atoms. The van der Waals surface area contributed by atoms with Gasteiger partial charge in [0.15, 0.2) is 28.1 Å². The average Bonchev–Trinajstić information content (AvgIpc) is 3.48. The number of aromatic amines is 1. The van der Waals surface area contributed by atoms with Crippen molar-refractivity contribution >= 4 is 67.1 Å². The summed E-state index contributed by atoms with van der Waals surface area (Å²) in [5.41, 5.74) is 2.11. The number of halogens is 1. The van der Waals surface area contributed by atoms with Crippen molar-refractivity contribution in [1.29, 1.82) is 0 Å². The largest absolute Gasteiger partial charge is 0.453 e. The average molecular weight is 672 g/mol. The molecule has 1 aliphatic heterocycles. The van der Waals surface area contributed by atoms with E-state index in [1.165, 1.54) is 18.3 Å². The molecule has 1 fully saturated rings. The molecule has 3 aromatic carbocycles. The maximum absolute atomic E-state index is 15.9. The molecule has 1 amide bonds. The molecule has 14 heteroatoms. The third-order valence-corrected chi connectivity index (χ3v) is 9.41. The summed E-state index contributed by atoms with van der Waals surface area (Å²) in [5.74, 6) is -1.22. The van der Waals surface area contributed by atoms with E-state index in [2.05, 4.69) is 32.5 Å². The van der Waals surface area contributed by atoms with Gasteiger partial charge in [-0.1, -0.05) is 0 Å². The third kappa shape index (κ3) is 6.13. The van der Waals surface area contributed by atoms with Crippen molar-refractivity contribution in [3.8, 4) is 0 Å². The van der Waals surface area contributed by atoms with Gasteiger partial charge in [-0.05, 0) is 78.5 Å². The maximum Gasteiger partial charge on any atom is 0.273 e. The van der Waals surface area contributed by atoms with Gasteiger partial charge in [-0.15, -0.1) is 0 Å². The van der Waals surface area contributed by atoms with Crippen molar-refractivity contribution in [3.63, 3.8) is 0 Å². The van der Waals surface area contributed by atoms with E-state index in [4.69, 9.17) is 8.83 Å². The van der Waals surface area contributed by atoms with Crippen LogP contribution in [0.15, 0.2) is 56.2 Å². The predicted octanol–water partition coefficient (Wildman–Crippen LogP) is 6.00. The molecule has 0 saturated carbocycles. The van der Waals surface area contributed by atoms with Gasteiger partial charge >= 0.3 is 0 Å². The first-order valence-electron chi connectivity index (χ1n) is 16.5. The molecule has 13 nitrogen and oxygen atoms in total. The van der Waals surface area contributed by atoms with Crippen LogP contribution in [-0.4, -0.2) is 83.4 Å². The van der Waals surface area contributed by atoms with E-state index in [-0.39, 0.29) is 33.5 Å². The van der Waals surface area contributed by atoms with Crippen LogP contribution in [0.3, 0.4) is 0 Å². The number of carbonyl (C=O) groups is 1. The smallest absolute Gasteiger partial charge is 0.273 e. The zero-order chi connectivity index (χ0) is 34.4. The number of carbonyl (C=O) groups excluding carboxylic acids is 1. The molecule has 0 radical (unpaired) electrons. The standard InChI is InChI=1S/C35H38FN7O6/c1-40(2)13-5-4-11-37-31-24(36)16-22-32-34(31)49-30-17-26-29(48-28-15-21(43(46)47)8-9-25(28)39-26)18-27(30)42(32)19-23(33(22)44)35(45)38-12-10-20-7-6-14-41(20)3/h8-9,15-20,37,39H,4-7,10-14H2,1-3H3,(H,38,45). The Kier molecular flexibility index (Phi) is 8.59. The van der Waals surface area contributed by atoms with Crippen LogP contribution in [0.5, 0.6) is 0 Å². The highest BCUT2D eigenvalue weighted by Crippen LogP contribution is 2.35. The zero-order valence-electron chi connectivity index (χ0n) is 27.6. The molecule has 256 valence electrons. The summed E-state index contributed by atoms with van der Waals surface area (Å²) >= 11 is 0. The lowest BCUT2D eigenvalue weighted by Crippen LogP contribution is -2.34. The normalized spacial score (nSPS) is 15.4. The minimum absolute atomic E-state index is 0.00258. The van der Waals surface area contributed by atoms with E-state index in [0.29, 0.717) is 52.4 Å². The summed E-state index contributed by atoms with van der Waals surface area (Å²) < 4.78 is 30.1. The van der Waals surface area contributed by atoms with Crippen LogP contribution in [0.1, 0.15) is 42.5 Å². The second-order valence-corrected chi connectivity index (χ2v) is 13.0. The first-order valence-corrected chi connectivity index (χ1v) is 16.5. The molecular weight excluding hydrogens is 633 g/mol. The monoisotopic (exact) mass is 671 g/mol. The fourth-order valence-corrected chi connectivity index (χ4v) is 6.79. The molecule has 3 aromatic heterocycles. The van der Waals surface area contributed by atoms with E-state index in [1.54, 1.807) is 22.6 Å². The van der Waals surface area contributed by atoms with Gasteiger partial charge in [-0.2, -0.15) is 0 Å². The highest BCUT2D eigenvalue weighted by molar-refractivity contribution is 6.06. The molecule has 1 aliphatic rings. The maximum atomic E-state index is 15.9. The number of H-pyrrole nitrogens is 1. The highest BCUT2D eigenvalue weighted by atomic mass is 19.1. The molecular formula is C35H38FN7O6. The molecule has 4 heterocycles. The number of pyridine rings is 1. The molecule has 1 saturated heterocycles. The Balaban J connectivity index is 1.38. The summed E-state index contributed by atoms with van der Waals surface area (Å²) in [6.07, 6.45) is 6.06. The Hall–Kier alpha value is -5.21. The number of fused-ring (bicyclic) bond motifs is 4. The molecule has 1 atom stereocenters. The van der Waals surface area contributed by atoms with Gasteiger partial charge in [-0.3, -0.25) is 19.7 Å². The van der Waals surface area contributed by atoms with Crippen molar-refractivity contribution in [2.24, 2.45) is 0 Å². The van der Waals surface area contributed by atoms with Gasteiger partial charge < -0.3 is 38.7 Å². The Bertz CT molecular complexity index is 2340. The van der Waals surface area contributed by atoms with Crippen molar-refractivity contribution < 1.29 is 22.9 Å². The minimum Gasteiger partial charge on any atom is -0.453 e. The number of aromatic nitrogens is 2. The minimum atomic E-state index is -0.668. The Morgan fingerprint density at radius 1 is 1.10 bits per heavy atom. The van der Waals surface area contributed by atoms with Gasteiger partial charge in [0, 0.05) is 43.5 Å². The summed E-state index contributed by atoms with van der Waals surface area (Å²) in [6, 6.07) is 9.14. The molecule has 0 aliphatic carbocycles. The Labute approximate surface area is 279 Å². The summed E-state index contributed by atoms with van der Waals surface area (Å²) in [5, 5.41) is 17.5. The van der Waals surface area contributed by atoms with Crippen LogP contribution in [0, 0.1) is 15.9 Å². The molecule has 1 unspecified atom stereocenters. The number of nitrogens with zero attached hydrogens (tertiary/aromatic N) is 4. The third-order valence-electron chi connectivity index (χ3n) is 9.41. The number of likely N-dealkylation sites (tertiary alicyclic amines) is 1. The van der Waals surface area contributed by atoms with Crippen LogP contribution < -0.4 is 16.1 Å². The van der Waals surface area contributed by atoms with E-state index >= 15 is 4.39 Å². The number of unbranched alkanes of at least 4 members (excludes halogenated alkanes) is 1. The first-order chi connectivity index (χ1) is 23.6. The van der Waals surface area contributed by atoms with Crippen LogP contribution in [0.4, 0.5) is 15.8 Å². The Morgan fingerprint density at radius 2 is 1.92 bits per heavy atom. The van der Waals surface area contributed by atoms with E-state index in [9.17, 15) is 19.7 Å². The van der Waals surface area contributed by atoms with Crippen molar-refractivity contribution in [2.75, 3.05) is 52.6 Å². The number of hydrogen-bond donors (Lipinski definition) is 3. The van der Waals surface area contributed by atoms with Gasteiger partial charge in [0.05, 0.1) is 32.9 Å². The number of hydrogen-bond acceptors (Lipinski definition) is 9. The summed E-state index contributed by atoms with van der Waals surface area (Å²) in [7, 11) is 6.06. The molecule has 6 aromatic rings. The number of nitro groups is 1. The van der Waals surface area contributed by atoms with Crippen LogP contribution in [-0.2, 0) is 0 Å². The number of benzene rings is 3. The fraction of sp³-hybridized carbons (Fsp3) is 0.371. The molecule has 0 bridgehead atoms. The van der Waals surface area contributed by atoms with Crippen molar-refractivity contribution in [2.45, 2.75) is 38.1 Å². The fourth-order valence-electron chi connectivity index (χ4n) is 6.79. The number of nitrogens with one attached hydrogen (secondary N) is 3. The first kappa shape index (κ1) is 32.3. The topological polar surface area (TPSA) is 154 Å². The number of non-ortho nitro benzene ring substituents is 1. The van der Waals surface area contributed by atoms with Crippen molar-refractivity contribution in [3.05, 3.63) is 74.3 Å². The number of rotatable bonds is 11. The van der Waals surface area contributed by atoms with Gasteiger partial charge in [0.2, 0.25) is 5.43 Å². The lowest BCUT2D eigenvalue weighted by atomic mass is 10.1. The van der Waals surface area contributed by atoms with Crippen molar-refractivity contribution in [1.82, 2.24) is 24.5 Å². The quantitative estimate of drug-likeness (QED) is 0.0494. The SMILES string of the molecule is CN(C)CCCCNc1c(F)cc2c(=O)c(C(=O)NCCC3CCCN3C)cn3c4cc5oc6cc([N+](=O)[O-])ccc6[nH]c5cc4oc1c23. The van der Waals surface area contributed by atoms with Gasteiger partial charge in [-0.25, -0.2) is 4.39 Å². The lowest BCUT2D eigenvalue weighted by molar-refractivity contribution is -0.384. The lowest BCUT2D eigenvalue weighted by Gasteiger charge is -2.19. The number of anilines is 1. The number of nitro benzene ring substituents is 1. The van der Waals surface area contributed by atoms with Gasteiger partial charge in [0.25, 0.3) is 11.6 Å². The van der Waals surface area contributed by atoms with E-state index in [0.717, 1.165) is 51.3 Å². The van der Waals surface area contributed by atoms with Crippen LogP contribution in [0.2, 0.25) is 0 Å². The predicted molar refractivity (Wildman–Crippen MR) is 187 cm³/mol. The summed E-state index contributed by atoms with van der Waals surface area (Å²) in [4.78, 5) is 45.9. The zero-order valence-corrected chi connectivity index (χ0v) is 27.6. The van der Waals surface area contributed by atoms with E-state index in [1.807, 2.05) is 14.1 Å². The molecule has 7 rings (SSSR count). The summed E-state index contributed by atoms with van der Waals surface area (Å²) in [6.45, 7) is 2.77. The second kappa shape index (κ2) is 13.0. The molecule has 3 N–H and O–H groups in total. The highest BCUT2D eigenvalue weighted by Gasteiger charge is 2.25. The second-order valence-electron chi connectivity index (χ2n) is 13.0. The van der Waals surface area contributed by atoms with Crippen LogP contribution in [0.25, 0.3) is 49.8 Å². The van der Waals surface area contributed by atoms with Crippen LogP contribution >= 0.6 is 0 Å². The number of amides is 1. The van der Waals surface area contributed by atoms with Gasteiger partial charge in [0.1, 0.15) is 16.8 Å². The Morgan fingerprint density at radius 3 is 2.67 bits per heavy atom. The molecule has 49 heavy (non-hydrogen) atoms.